The molecule has 1 fully saturated rings. The lowest BCUT2D eigenvalue weighted by molar-refractivity contribution is -0.121. The summed E-state index contributed by atoms with van der Waals surface area (Å²) in [6.07, 6.45) is 3.29. The van der Waals surface area contributed by atoms with Crippen LogP contribution in [0.3, 0.4) is 0 Å². The Hall–Kier alpha value is -2.66. The minimum Gasteiger partial charge on any atom is -0.378 e. The predicted molar refractivity (Wildman–Crippen MR) is 102 cm³/mol. The van der Waals surface area contributed by atoms with Crippen molar-refractivity contribution < 1.29 is 9.53 Å². The van der Waals surface area contributed by atoms with E-state index in [2.05, 4.69) is 5.32 Å². The smallest absolute Gasteiger partial charge is 0.239 e. The number of ether oxygens (including phenoxy) is 1. The van der Waals surface area contributed by atoms with E-state index >= 15 is 0 Å². The number of rotatable bonds is 5. The summed E-state index contributed by atoms with van der Waals surface area (Å²) in [5.41, 5.74) is 1.57. The molecule has 2 aromatic carbocycles. The summed E-state index contributed by atoms with van der Waals surface area (Å²) in [5, 5.41) is 4.26. The maximum Gasteiger partial charge on any atom is 0.239 e. The number of hydrogen-bond acceptors (Lipinski definition) is 3. The maximum absolute atomic E-state index is 12.7. The molecule has 3 aromatic rings. The van der Waals surface area contributed by atoms with Crippen LogP contribution in [0, 0.1) is 0 Å². The monoisotopic (exact) mass is 350 g/mol. The van der Waals surface area contributed by atoms with Crippen LogP contribution in [0.5, 0.6) is 0 Å². The Morgan fingerprint density at radius 2 is 1.73 bits per heavy atom. The number of benzene rings is 2. The van der Waals surface area contributed by atoms with Gasteiger partial charge in [0.25, 0.3) is 0 Å². The number of fused-ring (bicyclic) bond motifs is 2. The highest BCUT2D eigenvalue weighted by atomic mass is 16.5. The number of carbonyl (C=O) groups is 1. The molecule has 0 aliphatic carbocycles. The first-order valence-corrected chi connectivity index (χ1v) is 9.12. The Balaban J connectivity index is 1.61. The van der Waals surface area contributed by atoms with Crippen molar-refractivity contribution in [1.29, 1.82) is 0 Å². The van der Waals surface area contributed by atoms with Crippen LogP contribution in [-0.4, -0.2) is 29.7 Å². The standard InChI is InChI=1S/C21H22N2O3/c24-20(22-12-11-15-6-5-13-26-15)14-23-18-9-3-1-7-16(18)21(25)17-8-2-4-10-19(17)23/h1-4,7-10,15H,5-6,11-14H2,(H,22,24)/t15-/m0/s1. The molecule has 134 valence electrons. The van der Waals surface area contributed by atoms with Crippen LogP contribution in [0.15, 0.2) is 53.3 Å². The fourth-order valence-electron chi connectivity index (χ4n) is 3.69. The molecule has 1 aromatic heterocycles. The van der Waals surface area contributed by atoms with Crippen molar-refractivity contribution in [2.75, 3.05) is 13.2 Å². The number of amides is 1. The zero-order chi connectivity index (χ0) is 17.9. The third kappa shape index (κ3) is 3.22. The average Bonchev–Trinajstić information content (AvgIpc) is 3.19. The van der Waals surface area contributed by atoms with Crippen LogP contribution in [0.4, 0.5) is 0 Å². The predicted octanol–water partition coefficient (Wildman–Crippen LogP) is 2.84. The van der Waals surface area contributed by atoms with Crippen LogP contribution >= 0.6 is 0 Å². The normalized spacial score (nSPS) is 17.0. The van der Waals surface area contributed by atoms with Gasteiger partial charge in [-0.3, -0.25) is 9.59 Å². The van der Waals surface area contributed by atoms with Crippen LogP contribution in [0.2, 0.25) is 0 Å². The lowest BCUT2D eigenvalue weighted by Crippen LogP contribution is -2.31. The molecule has 0 spiro atoms. The molecule has 2 heterocycles. The first kappa shape index (κ1) is 16.8. The van der Waals surface area contributed by atoms with Crippen molar-refractivity contribution in [3.63, 3.8) is 0 Å². The molecule has 1 N–H and O–H groups in total. The minimum atomic E-state index is -0.0537. The van der Waals surface area contributed by atoms with Gasteiger partial charge in [-0.2, -0.15) is 0 Å². The molecule has 5 nitrogen and oxygen atoms in total. The fraction of sp³-hybridized carbons (Fsp3) is 0.333. The van der Waals surface area contributed by atoms with E-state index < -0.39 is 0 Å². The van der Waals surface area contributed by atoms with Crippen molar-refractivity contribution in [3.05, 3.63) is 58.8 Å². The minimum absolute atomic E-state index is 0.00578. The van der Waals surface area contributed by atoms with Crippen LogP contribution in [-0.2, 0) is 16.1 Å². The summed E-state index contributed by atoms with van der Waals surface area (Å²) in [6, 6.07) is 14.9. The van der Waals surface area contributed by atoms with Gasteiger partial charge >= 0.3 is 0 Å². The van der Waals surface area contributed by atoms with Gasteiger partial charge in [-0.05, 0) is 43.5 Å². The summed E-state index contributed by atoms with van der Waals surface area (Å²) in [5.74, 6) is -0.0537. The Kier molecular flexibility index (Phi) is 4.71. The molecule has 0 unspecified atom stereocenters. The topological polar surface area (TPSA) is 60.3 Å². The highest BCUT2D eigenvalue weighted by Crippen LogP contribution is 2.19. The Morgan fingerprint density at radius 1 is 1.08 bits per heavy atom. The largest absolute Gasteiger partial charge is 0.378 e. The molecule has 26 heavy (non-hydrogen) atoms. The lowest BCUT2D eigenvalue weighted by Gasteiger charge is -2.15. The molecular formula is C21H22N2O3. The summed E-state index contributed by atoms with van der Waals surface area (Å²) < 4.78 is 7.51. The molecular weight excluding hydrogens is 328 g/mol. The van der Waals surface area contributed by atoms with E-state index in [1.165, 1.54) is 0 Å². The van der Waals surface area contributed by atoms with Gasteiger partial charge in [0.1, 0.15) is 6.54 Å². The highest BCUT2D eigenvalue weighted by molar-refractivity contribution is 5.94. The SMILES string of the molecule is O=C(Cn1c2ccccc2c(=O)c2ccccc21)NCC[C@@H]1CCCO1. The van der Waals surface area contributed by atoms with E-state index in [0.29, 0.717) is 17.3 Å². The van der Waals surface area contributed by atoms with Gasteiger partial charge in [0.05, 0.1) is 17.1 Å². The molecule has 1 aliphatic heterocycles. The summed E-state index contributed by atoms with van der Waals surface area (Å²) in [4.78, 5) is 25.2. The Bertz CT molecular complexity index is 943. The number of para-hydroxylation sites is 2. The number of hydrogen-bond donors (Lipinski definition) is 1. The quantitative estimate of drug-likeness (QED) is 0.720. The first-order chi connectivity index (χ1) is 12.7. The van der Waals surface area contributed by atoms with E-state index in [1.54, 1.807) is 0 Å². The second-order valence-corrected chi connectivity index (χ2v) is 6.72. The van der Waals surface area contributed by atoms with Gasteiger partial charge in [0.15, 0.2) is 5.43 Å². The summed E-state index contributed by atoms with van der Waals surface area (Å²) in [6.45, 7) is 1.63. The molecule has 0 bridgehead atoms. The van der Waals surface area contributed by atoms with Crippen molar-refractivity contribution in [1.82, 2.24) is 9.88 Å². The maximum atomic E-state index is 12.7. The first-order valence-electron chi connectivity index (χ1n) is 9.12. The number of carbonyl (C=O) groups excluding carboxylic acids is 1. The number of nitrogens with one attached hydrogen (secondary N) is 1. The molecule has 1 atom stereocenters. The van der Waals surface area contributed by atoms with Crippen LogP contribution in [0.25, 0.3) is 21.8 Å². The number of nitrogens with zero attached hydrogens (tertiary/aromatic N) is 1. The number of aromatic nitrogens is 1. The van der Waals surface area contributed by atoms with Crippen LogP contribution in [0.1, 0.15) is 19.3 Å². The molecule has 5 heteroatoms. The molecule has 0 radical (unpaired) electrons. The van der Waals surface area contributed by atoms with Gasteiger partial charge in [0, 0.05) is 23.9 Å². The van der Waals surface area contributed by atoms with Gasteiger partial charge in [-0.25, -0.2) is 0 Å². The number of pyridine rings is 1. The van der Waals surface area contributed by atoms with Gasteiger partial charge in [0.2, 0.25) is 5.91 Å². The van der Waals surface area contributed by atoms with Gasteiger partial charge in [-0.1, -0.05) is 24.3 Å². The fourth-order valence-corrected chi connectivity index (χ4v) is 3.69. The second kappa shape index (κ2) is 7.30. The summed E-state index contributed by atoms with van der Waals surface area (Å²) >= 11 is 0. The van der Waals surface area contributed by atoms with Crippen molar-refractivity contribution in [2.24, 2.45) is 0 Å². The van der Waals surface area contributed by atoms with E-state index in [9.17, 15) is 9.59 Å². The van der Waals surface area contributed by atoms with Gasteiger partial charge in [-0.15, -0.1) is 0 Å². The van der Waals surface area contributed by atoms with E-state index in [1.807, 2.05) is 53.1 Å². The average molecular weight is 350 g/mol. The van der Waals surface area contributed by atoms with Crippen molar-refractivity contribution in [3.8, 4) is 0 Å². The van der Waals surface area contributed by atoms with Crippen molar-refractivity contribution >= 4 is 27.7 Å². The Morgan fingerprint density at radius 3 is 2.35 bits per heavy atom. The molecule has 1 aliphatic rings. The molecule has 0 saturated carbocycles. The molecule has 1 amide bonds. The summed E-state index contributed by atoms with van der Waals surface area (Å²) in [7, 11) is 0. The van der Waals surface area contributed by atoms with E-state index in [4.69, 9.17) is 4.74 Å². The van der Waals surface area contributed by atoms with Crippen LogP contribution < -0.4 is 10.7 Å². The van der Waals surface area contributed by atoms with Crippen molar-refractivity contribution in [2.45, 2.75) is 31.9 Å². The lowest BCUT2D eigenvalue weighted by atomic mass is 10.1. The second-order valence-electron chi connectivity index (χ2n) is 6.72. The van der Waals surface area contributed by atoms with E-state index in [-0.39, 0.29) is 24.0 Å². The zero-order valence-corrected chi connectivity index (χ0v) is 14.6. The third-order valence-electron chi connectivity index (χ3n) is 4.99. The third-order valence-corrected chi connectivity index (χ3v) is 4.99. The van der Waals surface area contributed by atoms with Gasteiger partial charge < -0.3 is 14.6 Å². The zero-order valence-electron chi connectivity index (χ0n) is 14.6. The molecule has 1 saturated heterocycles. The molecule has 4 rings (SSSR count). The highest BCUT2D eigenvalue weighted by Gasteiger charge is 2.16. The van der Waals surface area contributed by atoms with E-state index in [0.717, 1.165) is 36.9 Å². The Labute approximate surface area is 151 Å².